The summed E-state index contributed by atoms with van der Waals surface area (Å²) in [6.07, 6.45) is 0. The van der Waals surface area contributed by atoms with Crippen LogP contribution in [0.1, 0.15) is 13.8 Å². The SMILES string of the molecule is CCN1C(=O)/C(=C2/Sc3ccc(Cl)cc3N2CC)SC1=Nc1cccc(Cl)c1. The van der Waals surface area contributed by atoms with Crippen molar-refractivity contribution in [2.24, 2.45) is 4.99 Å². The highest BCUT2D eigenvalue weighted by Crippen LogP contribution is 2.51. The first-order valence-electron chi connectivity index (χ1n) is 8.85. The van der Waals surface area contributed by atoms with Gasteiger partial charge in [-0.1, -0.05) is 41.0 Å². The van der Waals surface area contributed by atoms with Crippen molar-refractivity contribution in [3.63, 3.8) is 0 Å². The average molecular weight is 450 g/mol. The molecule has 0 N–H and O–H groups in total. The molecule has 0 aromatic heterocycles. The van der Waals surface area contributed by atoms with Gasteiger partial charge in [-0.2, -0.15) is 0 Å². The molecular weight excluding hydrogens is 433 g/mol. The summed E-state index contributed by atoms with van der Waals surface area (Å²) in [4.78, 5) is 23.5. The standard InChI is InChI=1S/C20H17Cl2N3OS2/c1-3-24-15-11-13(22)8-9-16(15)27-19(24)17-18(26)25(4-2)20(28-17)23-14-7-5-6-12(21)10-14/h5-11H,3-4H2,1-2H3/b19-17-,23-20?. The normalized spacial score (nSPS) is 20.4. The van der Waals surface area contributed by atoms with E-state index in [4.69, 9.17) is 23.2 Å². The highest BCUT2D eigenvalue weighted by molar-refractivity contribution is 8.19. The molecule has 0 bridgehead atoms. The number of carbonyl (C=O) groups is 1. The molecule has 2 aromatic rings. The predicted octanol–water partition coefficient (Wildman–Crippen LogP) is 6.38. The van der Waals surface area contributed by atoms with E-state index in [1.165, 1.54) is 11.8 Å². The molecule has 144 valence electrons. The molecule has 4 nitrogen and oxygen atoms in total. The molecule has 0 saturated carbocycles. The Balaban J connectivity index is 1.75. The van der Waals surface area contributed by atoms with Gasteiger partial charge >= 0.3 is 0 Å². The number of amidine groups is 1. The van der Waals surface area contributed by atoms with Gasteiger partial charge in [0.05, 0.1) is 11.4 Å². The number of hydrogen-bond donors (Lipinski definition) is 0. The van der Waals surface area contributed by atoms with E-state index < -0.39 is 0 Å². The molecule has 0 radical (unpaired) electrons. The van der Waals surface area contributed by atoms with Crippen LogP contribution < -0.4 is 4.90 Å². The Morgan fingerprint density at radius 2 is 1.71 bits per heavy atom. The van der Waals surface area contributed by atoms with E-state index in [1.807, 2.05) is 37.3 Å². The van der Waals surface area contributed by atoms with Crippen molar-refractivity contribution < 1.29 is 4.79 Å². The van der Waals surface area contributed by atoms with Crippen LogP contribution in [0.2, 0.25) is 10.0 Å². The molecule has 8 heteroatoms. The van der Waals surface area contributed by atoms with Gasteiger partial charge in [0.2, 0.25) is 0 Å². The van der Waals surface area contributed by atoms with E-state index >= 15 is 0 Å². The first kappa shape index (κ1) is 19.7. The lowest BCUT2D eigenvalue weighted by Gasteiger charge is -2.19. The van der Waals surface area contributed by atoms with Gasteiger partial charge in [0.15, 0.2) is 5.17 Å². The number of benzene rings is 2. The fourth-order valence-electron chi connectivity index (χ4n) is 3.09. The first-order valence-corrected chi connectivity index (χ1v) is 11.2. The van der Waals surface area contributed by atoms with Crippen LogP contribution in [0.15, 0.2) is 62.3 Å². The topological polar surface area (TPSA) is 35.9 Å². The molecular formula is C20H17Cl2N3OS2. The van der Waals surface area contributed by atoms with Crippen LogP contribution >= 0.6 is 46.7 Å². The summed E-state index contributed by atoms with van der Waals surface area (Å²) < 4.78 is 0. The highest BCUT2D eigenvalue weighted by Gasteiger charge is 2.39. The van der Waals surface area contributed by atoms with Crippen LogP contribution in [-0.4, -0.2) is 29.1 Å². The van der Waals surface area contributed by atoms with Crippen molar-refractivity contribution in [1.29, 1.82) is 0 Å². The zero-order valence-electron chi connectivity index (χ0n) is 15.3. The maximum absolute atomic E-state index is 13.1. The summed E-state index contributed by atoms with van der Waals surface area (Å²) in [6.45, 7) is 5.32. The molecule has 2 aliphatic rings. The van der Waals surface area contributed by atoms with Crippen molar-refractivity contribution in [2.45, 2.75) is 18.7 Å². The third-order valence-corrected chi connectivity index (χ3v) is 7.24. The monoisotopic (exact) mass is 449 g/mol. The largest absolute Gasteiger partial charge is 0.334 e. The number of halogens is 2. The number of aliphatic imine (C=N–C) groups is 1. The van der Waals surface area contributed by atoms with Crippen molar-refractivity contribution in [1.82, 2.24) is 4.90 Å². The molecule has 0 aliphatic carbocycles. The summed E-state index contributed by atoms with van der Waals surface area (Å²) in [5, 5.41) is 2.91. The minimum atomic E-state index is -0.0202. The molecule has 1 fully saturated rings. The van der Waals surface area contributed by atoms with Gasteiger partial charge in [-0.25, -0.2) is 4.99 Å². The Hall–Kier alpha value is -1.60. The molecule has 0 unspecified atom stereocenters. The molecule has 0 atom stereocenters. The smallest absolute Gasteiger partial charge is 0.269 e. The second kappa shape index (κ2) is 8.03. The third-order valence-electron chi connectivity index (χ3n) is 4.39. The molecule has 28 heavy (non-hydrogen) atoms. The molecule has 2 aliphatic heterocycles. The fourth-order valence-corrected chi connectivity index (χ4v) is 5.88. The molecule has 1 saturated heterocycles. The summed E-state index contributed by atoms with van der Waals surface area (Å²) in [5.41, 5.74) is 1.77. The zero-order valence-corrected chi connectivity index (χ0v) is 18.4. The van der Waals surface area contributed by atoms with Crippen LogP contribution in [0.25, 0.3) is 0 Å². The van der Waals surface area contributed by atoms with E-state index in [2.05, 4.69) is 16.8 Å². The second-order valence-electron chi connectivity index (χ2n) is 6.12. The maximum atomic E-state index is 13.1. The highest BCUT2D eigenvalue weighted by atomic mass is 35.5. The Morgan fingerprint density at radius 1 is 0.964 bits per heavy atom. The van der Waals surface area contributed by atoms with E-state index in [1.54, 1.807) is 28.8 Å². The number of amides is 1. The second-order valence-corrected chi connectivity index (χ2v) is 9.00. The first-order chi connectivity index (χ1) is 13.5. The van der Waals surface area contributed by atoms with Gasteiger partial charge in [0.25, 0.3) is 5.91 Å². The van der Waals surface area contributed by atoms with Gasteiger partial charge < -0.3 is 4.90 Å². The fraction of sp³-hybridized carbons (Fsp3) is 0.200. The van der Waals surface area contributed by atoms with E-state index in [-0.39, 0.29) is 5.91 Å². The number of anilines is 1. The van der Waals surface area contributed by atoms with Gasteiger partial charge in [0, 0.05) is 28.0 Å². The Kier molecular flexibility index (Phi) is 5.65. The average Bonchev–Trinajstić information content (AvgIpc) is 3.18. The lowest BCUT2D eigenvalue weighted by Crippen LogP contribution is -2.29. The number of rotatable bonds is 3. The predicted molar refractivity (Wildman–Crippen MR) is 121 cm³/mol. The lowest BCUT2D eigenvalue weighted by molar-refractivity contribution is -0.122. The van der Waals surface area contributed by atoms with E-state index in [0.717, 1.165) is 27.8 Å². The van der Waals surface area contributed by atoms with Crippen molar-refractivity contribution in [2.75, 3.05) is 18.0 Å². The number of likely N-dealkylation sites (N-methyl/N-ethyl adjacent to an activating group) is 1. The number of hydrogen-bond acceptors (Lipinski definition) is 5. The van der Waals surface area contributed by atoms with Crippen LogP contribution in [0.3, 0.4) is 0 Å². The summed E-state index contributed by atoms with van der Waals surface area (Å²) in [7, 11) is 0. The quantitative estimate of drug-likeness (QED) is 0.509. The minimum absolute atomic E-state index is 0.0202. The van der Waals surface area contributed by atoms with E-state index in [0.29, 0.717) is 26.7 Å². The zero-order chi connectivity index (χ0) is 19.8. The maximum Gasteiger partial charge on any atom is 0.269 e. The van der Waals surface area contributed by atoms with Crippen LogP contribution in [-0.2, 0) is 4.79 Å². The van der Waals surface area contributed by atoms with Crippen molar-refractivity contribution in [3.05, 3.63) is 62.4 Å². The number of fused-ring (bicyclic) bond motifs is 1. The molecule has 0 spiro atoms. The summed E-state index contributed by atoms with van der Waals surface area (Å²) >= 11 is 15.3. The summed E-state index contributed by atoms with van der Waals surface area (Å²) in [6, 6.07) is 13.2. The molecule has 4 rings (SSSR count). The third kappa shape index (κ3) is 3.54. The van der Waals surface area contributed by atoms with Crippen molar-refractivity contribution >= 4 is 69.2 Å². The molecule has 2 heterocycles. The Bertz CT molecular complexity index is 1020. The summed E-state index contributed by atoms with van der Waals surface area (Å²) in [5.74, 6) is -0.0202. The Morgan fingerprint density at radius 3 is 2.43 bits per heavy atom. The van der Waals surface area contributed by atoms with E-state index in [9.17, 15) is 4.79 Å². The minimum Gasteiger partial charge on any atom is -0.334 e. The van der Waals surface area contributed by atoms with Crippen LogP contribution in [0, 0.1) is 0 Å². The van der Waals surface area contributed by atoms with Gasteiger partial charge in [0.1, 0.15) is 9.93 Å². The van der Waals surface area contributed by atoms with Crippen LogP contribution in [0.5, 0.6) is 0 Å². The number of carbonyl (C=O) groups excluding carboxylic acids is 1. The lowest BCUT2D eigenvalue weighted by atomic mass is 10.3. The number of nitrogens with zero attached hydrogens (tertiary/aromatic N) is 3. The van der Waals surface area contributed by atoms with Crippen LogP contribution in [0.4, 0.5) is 11.4 Å². The molecule has 1 amide bonds. The Labute approximate surface area is 182 Å². The van der Waals surface area contributed by atoms with Gasteiger partial charge in [-0.3, -0.25) is 9.69 Å². The van der Waals surface area contributed by atoms with Gasteiger partial charge in [-0.05, 0) is 62.0 Å². The van der Waals surface area contributed by atoms with Gasteiger partial charge in [-0.15, -0.1) is 0 Å². The van der Waals surface area contributed by atoms with Crippen molar-refractivity contribution in [3.8, 4) is 0 Å². The number of thioether (sulfide) groups is 2. The molecule has 2 aromatic carbocycles.